The zero-order chi connectivity index (χ0) is 23.5. The van der Waals surface area contributed by atoms with Crippen molar-refractivity contribution in [1.82, 2.24) is 15.1 Å². The lowest BCUT2D eigenvalue weighted by Gasteiger charge is -2.24. The average molecular weight is 448 g/mol. The van der Waals surface area contributed by atoms with Crippen LogP contribution in [0.4, 0.5) is 5.69 Å². The lowest BCUT2D eigenvalue weighted by Crippen LogP contribution is -2.48. The molecule has 1 saturated carbocycles. The molecule has 3 aromatic rings. The number of hydrogen-bond donors (Lipinski definition) is 2. The zero-order valence-electron chi connectivity index (χ0n) is 19.2. The molecule has 1 fully saturated rings. The third kappa shape index (κ3) is 4.74. The Kier molecular flexibility index (Phi) is 6.44. The van der Waals surface area contributed by atoms with Gasteiger partial charge in [0.05, 0.1) is 5.56 Å². The van der Waals surface area contributed by atoms with E-state index in [9.17, 15) is 14.8 Å². The van der Waals surface area contributed by atoms with Crippen molar-refractivity contribution in [2.75, 3.05) is 5.32 Å². The number of amides is 2. The van der Waals surface area contributed by atoms with E-state index in [0.29, 0.717) is 17.1 Å². The van der Waals surface area contributed by atoms with Crippen LogP contribution in [0.5, 0.6) is 0 Å². The average Bonchev–Trinajstić information content (AvgIpc) is 3.48. The minimum Gasteiger partial charge on any atom is -0.618 e. The van der Waals surface area contributed by atoms with Crippen LogP contribution in [0.25, 0.3) is 11.1 Å². The number of carbonyl (C=O) groups is 2. The normalized spacial score (nSPS) is 14.8. The molecule has 2 amide bonds. The monoisotopic (exact) mass is 447 g/mol. The molecule has 1 aliphatic rings. The van der Waals surface area contributed by atoms with E-state index in [1.807, 2.05) is 31.2 Å². The van der Waals surface area contributed by atoms with E-state index in [4.69, 9.17) is 0 Å². The summed E-state index contributed by atoms with van der Waals surface area (Å²) in [5, 5.41) is 21.9. The van der Waals surface area contributed by atoms with Gasteiger partial charge in [-0.25, -0.2) is 0 Å². The third-order valence-electron chi connectivity index (χ3n) is 6.48. The second-order valence-electron chi connectivity index (χ2n) is 8.69. The molecule has 2 heterocycles. The first-order valence-electron chi connectivity index (χ1n) is 11.2. The molecular weight excluding hydrogens is 418 g/mol. The number of anilines is 1. The van der Waals surface area contributed by atoms with Gasteiger partial charge in [-0.2, -0.15) is 9.83 Å². The van der Waals surface area contributed by atoms with Gasteiger partial charge in [0.2, 0.25) is 5.91 Å². The smallest absolute Gasteiger partial charge is 0.270 e. The molecule has 0 aliphatic heterocycles. The first kappa shape index (κ1) is 22.5. The van der Waals surface area contributed by atoms with E-state index in [1.165, 1.54) is 10.9 Å². The first-order chi connectivity index (χ1) is 15.8. The largest absolute Gasteiger partial charge is 0.618 e. The third-order valence-corrected chi connectivity index (χ3v) is 6.48. The van der Waals surface area contributed by atoms with Gasteiger partial charge in [-0.3, -0.25) is 14.3 Å². The van der Waals surface area contributed by atoms with Crippen LogP contribution in [0.1, 0.15) is 47.4 Å². The van der Waals surface area contributed by atoms with E-state index >= 15 is 0 Å². The van der Waals surface area contributed by atoms with Crippen LogP contribution in [0, 0.1) is 25.0 Å². The summed E-state index contributed by atoms with van der Waals surface area (Å²) in [5.41, 5.74) is 4.49. The SMILES string of the molecule is Cc1cc[n+]([O-])c(C)c1-c1ccc(NC(=O)[C@@H](NC(=O)c2ccnn2C)C2CCCC2)cc1. The Bertz CT molecular complexity index is 1160. The van der Waals surface area contributed by atoms with Crippen molar-refractivity contribution in [2.45, 2.75) is 45.6 Å². The van der Waals surface area contributed by atoms with Crippen LogP contribution in [-0.4, -0.2) is 27.6 Å². The molecule has 8 heteroatoms. The van der Waals surface area contributed by atoms with Gasteiger partial charge in [-0.1, -0.05) is 25.0 Å². The Morgan fingerprint density at radius 3 is 2.45 bits per heavy atom. The summed E-state index contributed by atoms with van der Waals surface area (Å²) in [6.07, 6.45) is 6.99. The van der Waals surface area contributed by atoms with Crippen LogP contribution in [-0.2, 0) is 11.8 Å². The maximum absolute atomic E-state index is 13.2. The van der Waals surface area contributed by atoms with Gasteiger partial charge in [0, 0.05) is 31.9 Å². The standard InChI is InChI=1S/C25H29N5O3/c1-16-13-15-30(33)17(2)22(16)18-8-10-20(11-9-18)27-25(32)23(19-6-4-5-7-19)28-24(31)21-12-14-26-29(21)3/h8-15,19,23H,4-7H2,1-3H3,(H,27,32)(H,28,31)/t23-/m0/s1. The first-order valence-corrected chi connectivity index (χ1v) is 11.2. The molecule has 1 aromatic carbocycles. The van der Waals surface area contributed by atoms with Crippen molar-refractivity contribution in [2.24, 2.45) is 13.0 Å². The summed E-state index contributed by atoms with van der Waals surface area (Å²) in [6.45, 7) is 3.76. The van der Waals surface area contributed by atoms with Gasteiger partial charge in [0.25, 0.3) is 5.91 Å². The Hall–Kier alpha value is -3.68. The number of nitrogens with one attached hydrogen (secondary N) is 2. The molecule has 2 aromatic heterocycles. The molecule has 0 unspecified atom stereocenters. The summed E-state index contributed by atoms with van der Waals surface area (Å²) in [5.74, 6) is -0.434. The van der Waals surface area contributed by atoms with E-state index in [0.717, 1.165) is 47.1 Å². The molecule has 0 saturated heterocycles. The molecule has 0 radical (unpaired) electrons. The van der Waals surface area contributed by atoms with Gasteiger partial charge < -0.3 is 15.8 Å². The van der Waals surface area contributed by atoms with Gasteiger partial charge in [-0.15, -0.1) is 0 Å². The molecule has 33 heavy (non-hydrogen) atoms. The van der Waals surface area contributed by atoms with Crippen LogP contribution in [0.15, 0.2) is 48.8 Å². The van der Waals surface area contributed by atoms with Crippen molar-refractivity contribution in [3.63, 3.8) is 0 Å². The Morgan fingerprint density at radius 2 is 1.82 bits per heavy atom. The highest BCUT2D eigenvalue weighted by atomic mass is 16.5. The lowest BCUT2D eigenvalue weighted by atomic mass is 9.96. The van der Waals surface area contributed by atoms with Crippen LogP contribution < -0.4 is 15.4 Å². The predicted octanol–water partition coefficient (Wildman–Crippen LogP) is 3.26. The topological polar surface area (TPSA) is 103 Å². The van der Waals surface area contributed by atoms with Gasteiger partial charge in [-0.05, 0) is 55.0 Å². The number of aromatic nitrogens is 3. The molecule has 172 valence electrons. The van der Waals surface area contributed by atoms with Crippen LogP contribution in [0.3, 0.4) is 0 Å². The number of pyridine rings is 1. The molecule has 8 nitrogen and oxygen atoms in total. The Morgan fingerprint density at radius 1 is 1.12 bits per heavy atom. The van der Waals surface area contributed by atoms with Gasteiger partial charge >= 0.3 is 0 Å². The van der Waals surface area contributed by atoms with Gasteiger partial charge in [0.15, 0.2) is 11.9 Å². The number of benzene rings is 1. The molecule has 4 rings (SSSR count). The lowest BCUT2D eigenvalue weighted by molar-refractivity contribution is -0.611. The quantitative estimate of drug-likeness (QED) is 0.447. The summed E-state index contributed by atoms with van der Waals surface area (Å²) < 4.78 is 2.35. The molecule has 0 bridgehead atoms. The zero-order valence-corrected chi connectivity index (χ0v) is 19.2. The van der Waals surface area contributed by atoms with Crippen LogP contribution >= 0.6 is 0 Å². The maximum atomic E-state index is 13.2. The minimum atomic E-state index is -0.618. The Labute approximate surface area is 193 Å². The summed E-state index contributed by atoms with van der Waals surface area (Å²) in [4.78, 5) is 26.0. The fourth-order valence-corrected chi connectivity index (χ4v) is 4.65. The number of hydrogen-bond acceptors (Lipinski definition) is 4. The Balaban J connectivity index is 1.51. The van der Waals surface area contributed by atoms with Crippen molar-refractivity contribution in [1.29, 1.82) is 0 Å². The second kappa shape index (κ2) is 9.44. The summed E-state index contributed by atoms with van der Waals surface area (Å²) >= 11 is 0. The molecule has 1 aliphatic carbocycles. The van der Waals surface area contributed by atoms with Crippen LogP contribution in [0.2, 0.25) is 0 Å². The van der Waals surface area contributed by atoms with E-state index in [-0.39, 0.29) is 17.7 Å². The second-order valence-corrected chi connectivity index (χ2v) is 8.69. The number of aryl methyl sites for hydroxylation is 2. The van der Waals surface area contributed by atoms with Gasteiger partial charge in [0.1, 0.15) is 11.7 Å². The van der Waals surface area contributed by atoms with E-state index < -0.39 is 6.04 Å². The molecule has 0 spiro atoms. The van der Waals surface area contributed by atoms with Crippen molar-refractivity contribution < 1.29 is 14.3 Å². The van der Waals surface area contributed by atoms with E-state index in [1.54, 1.807) is 32.3 Å². The molecule has 1 atom stereocenters. The maximum Gasteiger partial charge on any atom is 0.270 e. The highest BCUT2D eigenvalue weighted by Crippen LogP contribution is 2.29. The van der Waals surface area contributed by atoms with E-state index in [2.05, 4.69) is 15.7 Å². The van der Waals surface area contributed by atoms with Crippen molar-refractivity contribution >= 4 is 17.5 Å². The summed E-state index contributed by atoms with van der Waals surface area (Å²) in [7, 11) is 1.70. The summed E-state index contributed by atoms with van der Waals surface area (Å²) in [6, 6.07) is 10.2. The number of nitrogens with zero attached hydrogens (tertiary/aromatic N) is 3. The highest BCUT2D eigenvalue weighted by Gasteiger charge is 2.32. The number of rotatable bonds is 6. The fourth-order valence-electron chi connectivity index (χ4n) is 4.65. The highest BCUT2D eigenvalue weighted by molar-refractivity contribution is 6.00. The van der Waals surface area contributed by atoms with Crippen molar-refractivity contribution in [3.05, 3.63) is 71.0 Å². The minimum absolute atomic E-state index is 0.101. The molecule has 2 N–H and O–H groups in total. The predicted molar refractivity (Wildman–Crippen MR) is 125 cm³/mol. The fraction of sp³-hybridized carbons (Fsp3) is 0.360. The van der Waals surface area contributed by atoms with Crippen molar-refractivity contribution in [3.8, 4) is 11.1 Å². The number of carbonyl (C=O) groups excluding carboxylic acids is 2. The molecular formula is C25H29N5O3.